The normalized spacial score (nSPS) is 17.9. The van der Waals surface area contributed by atoms with Crippen molar-refractivity contribution in [3.05, 3.63) is 77.8 Å². The lowest BCUT2D eigenvalue weighted by atomic mass is 10.0. The van der Waals surface area contributed by atoms with Crippen molar-refractivity contribution in [3.8, 4) is 11.3 Å². The Morgan fingerprint density at radius 3 is 2.64 bits per heavy atom. The van der Waals surface area contributed by atoms with Gasteiger partial charge in [-0.2, -0.15) is 0 Å². The highest BCUT2D eigenvalue weighted by atomic mass is 32.1. The van der Waals surface area contributed by atoms with Gasteiger partial charge in [0, 0.05) is 18.3 Å². The zero-order valence-corrected chi connectivity index (χ0v) is 19.8. The molecule has 3 aromatic rings. The number of nitrogens with zero attached hydrogens (tertiary/aromatic N) is 3. The van der Waals surface area contributed by atoms with Crippen molar-refractivity contribution < 1.29 is 13.9 Å². The predicted molar refractivity (Wildman–Crippen MR) is 131 cm³/mol. The van der Waals surface area contributed by atoms with Crippen LogP contribution in [0.5, 0.6) is 0 Å². The van der Waals surface area contributed by atoms with Gasteiger partial charge in [-0.1, -0.05) is 18.2 Å². The first-order chi connectivity index (χ1) is 16.0. The summed E-state index contributed by atoms with van der Waals surface area (Å²) in [5, 5.41) is 4.16. The Morgan fingerprint density at radius 2 is 1.97 bits per heavy atom. The lowest BCUT2D eigenvalue weighted by molar-refractivity contribution is 0.0600. The van der Waals surface area contributed by atoms with E-state index in [-0.39, 0.29) is 18.1 Å². The molecule has 7 nitrogen and oxygen atoms in total. The minimum Gasteiger partial charge on any atom is -0.465 e. The summed E-state index contributed by atoms with van der Waals surface area (Å²) in [6.45, 7) is 1.78. The van der Waals surface area contributed by atoms with Gasteiger partial charge in [0.15, 0.2) is 5.11 Å². The number of hydrogen-bond acceptors (Lipinski definition) is 6. The van der Waals surface area contributed by atoms with Crippen molar-refractivity contribution in [2.75, 3.05) is 34.3 Å². The summed E-state index contributed by atoms with van der Waals surface area (Å²) in [5.74, 6) is 1.18. The van der Waals surface area contributed by atoms with E-state index in [1.807, 2.05) is 42.5 Å². The van der Waals surface area contributed by atoms with Gasteiger partial charge in [0.2, 0.25) is 0 Å². The number of carbonyl (C=O) groups excluding carboxylic acids is 1. The number of nitrogens with one attached hydrogen (secondary N) is 1. The van der Waals surface area contributed by atoms with Crippen LogP contribution >= 0.6 is 12.2 Å². The molecule has 1 N–H and O–H groups in total. The Hall–Kier alpha value is -3.23. The number of hydrogen-bond donors (Lipinski definition) is 1. The molecular weight excluding hydrogens is 436 g/mol. The lowest BCUT2D eigenvalue weighted by Gasteiger charge is -2.26. The summed E-state index contributed by atoms with van der Waals surface area (Å²) >= 11 is 5.71. The zero-order valence-electron chi connectivity index (χ0n) is 19.0. The number of carbonyl (C=O) groups is 1. The van der Waals surface area contributed by atoms with E-state index in [0.29, 0.717) is 10.7 Å². The molecule has 0 amide bonds. The smallest absolute Gasteiger partial charge is 0.337 e. The lowest BCUT2D eigenvalue weighted by Crippen LogP contribution is -2.32. The zero-order chi connectivity index (χ0) is 23.4. The Balaban J connectivity index is 1.63. The number of ether oxygens (including phenoxy) is 1. The van der Waals surface area contributed by atoms with Crippen LogP contribution in [0.4, 0.5) is 0 Å². The summed E-state index contributed by atoms with van der Waals surface area (Å²) in [5.41, 5.74) is 2.30. The van der Waals surface area contributed by atoms with Gasteiger partial charge in [-0.05, 0) is 75.7 Å². The molecule has 2 aromatic heterocycles. The van der Waals surface area contributed by atoms with Crippen LogP contribution in [0, 0.1) is 0 Å². The maximum absolute atomic E-state index is 11.7. The first kappa shape index (κ1) is 22.9. The van der Waals surface area contributed by atoms with Crippen molar-refractivity contribution in [1.82, 2.24) is 20.1 Å². The fourth-order valence-corrected chi connectivity index (χ4v) is 4.40. The van der Waals surface area contributed by atoms with Gasteiger partial charge in [-0.3, -0.25) is 4.98 Å². The molecule has 0 radical (unpaired) electrons. The molecule has 1 aromatic carbocycles. The Bertz CT molecular complexity index is 1100. The summed E-state index contributed by atoms with van der Waals surface area (Å²) in [6.07, 6.45) is 2.77. The standard InChI is InChI=1S/C25H28N4O3S/c1-28(2)15-6-16-29-23(22(27-25(29)33)19-7-4-5-14-26-19)21-13-12-20(32-21)17-8-10-18(11-9-17)24(30)31-3/h4-5,7-14,22-23H,6,15-16H2,1-3H3,(H,27,33)/t22-,23-/m0/s1. The minimum atomic E-state index is -0.362. The number of rotatable bonds is 8. The van der Waals surface area contributed by atoms with Gasteiger partial charge in [-0.25, -0.2) is 4.79 Å². The number of pyridine rings is 1. The SMILES string of the molecule is COC(=O)c1ccc(-c2ccc([C@H]3[C@H](c4ccccn4)NC(=S)N3CCCN(C)C)o2)cc1. The third-order valence-electron chi connectivity index (χ3n) is 5.71. The van der Waals surface area contributed by atoms with Gasteiger partial charge >= 0.3 is 5.97 Å². The summed E-state index contributed by atoms with van der Waals surface area (Å²) in [6, 6.07) is 16.8. The molecule has 172 valence electrons. The Labute approximate surface area is 199 Å². The molecule has 0 unspecified atom stereocenters. The quantitative estimate of drug-likeness (QED) is 0.396. The summed E-state index contributed by atoms with van der Waals surface area (Å²) < 4.78 is 11.1. The number of esters is 1. The van der Waals surface area contributed by atoms with E-state index in [2.05, 4.69) is 34.2 Å². The van der Waals surface area contributed by atoms with E-state index in [9.17, 15) is 4.79 Å². The molecule has 0 bridgehead atoms. The number of furan rings is 1. The van der Waals surface area contributed by atoms with Crippen molar-refractivity contribution in [2.45, 2.75) is 18.5 Å². The second-order valence-electron chi connectivity index (χ2n) is 8.25. The summed E-state index contributed by atoms with van der Waals surface area (Å²) in [4.78, 5) is 20.7. The van der Waals surface area contributed by atoms with Crippen molar-refractivity contribution in [1.29, 1.82) is 0 Å². The second kappa shape index (κ2) is 10.1. The monoisotopic (exact) mass is 464 g/mol. The van der Waals surface area contributed by atoms with Gasteiger partial charge < -0.3 is 24.3 Å². The Kier molecular flexibility index (Phi) is 7.05. The van der Waals surface area contributed by atoms with Gasteiger partial charge in [0.05, 0.1) is 24.4 Å². The van der Waals surface area contributed by atoms with Crippen molar-refractivity contribution in [2.24, 2.45) is 0 Å². The largest absolute Gasteiger partial charge is 0.465 e. The topological polar surface area (TPSA) is 70.8 Å². The van der Waals surface area contributed by atoms with Crippen molar-refractivity contribution >= 4 is 23.3 Å². The van der Waals surface area contributed by atoms with Crippen LogP contribution in [0.3, 0.4) is 0 Å². The van der Waals surface area contributed by atoms with E-state index in [1.54, 1.807) is 18.3 Å². The average molecular weight is 465 g/mol. The highest BCUT2D eigenvalue weighted by Crippen LogP contribution is 2.40. The van der Waals surface area contributed by atoms with Crippen LogP contribution in [0.1, 0.15) is 40.3 Å². The van der Waals surface area contributed by atoms with E-state index < -0.39 is 0 Å². The maximum Gasteiger partial charge on any atom is 0.337 e. The molecule has 1 aliphatic rings. The predicted octanol–water partition coefficient (Wildman–Crippen LogP) is 4.05. The molecule has 1 fully saturated rings. The first-order valence-electron chi connectivity index (χ1n) is 10.9. The average Bonchev–Trinajstić information content (AvgIpc) is 3.44. The molecule has 2 atom stereocenters. The fraction of sp³-hybridized carbons (Fsp3) is 0.320. The van der Waals surface area contributed by atoms with E-state index in [1.165, 1.54) is 7.11 Å². The molecule has 3 heterocycles. The van der Waals surface area contributed by atoms with Crippen molar-refractivity contribution in [3.63, 3.8) is 0 Å². The molecular formula is C25H28N4O3S. The van der Waals surface area contributed by atoms with E-state index in [0.717, 1.165) is 42.3 Å². The number of aromatic nitrogens is 1. The van der Waals surface area contributed by atoms with Crippen LogP contribution in [0.2, 0.25) is 0 Å². The van der Waals surface area contributed by atoms with Crippen LogP contribution in [-0.2, 0) is 4.74 Å². The first-order valence-corrected chi connectivity index (χ1v) is 11.3. The molecule has 1 saturated heterocycles. The molecule has 1 aliphatic heterocycles. The maximum atomic E-state index is 11.7. The number of methoxy groups -OCH3 is 1. The van der Waals surface area contributed by atoms with E-state index in [4.69, 9.17) is 21.4 Å². The third kappa shape index (κ3) is 5.07. The van der Waals surface area contributed by atoms with Crippen LogP contribution < -0.4 is 5.32 Å². The molecule has 4 rings (SSSR count). The Morgan fingerprint density at radius 1 is 1.18 bits per heavy atom. The van der Waals surface area contributed by atoms with Gasteiger partial charge in [0.25, 0.3) is 0 Å². The van der Waals surface area contributed by atoms with E-state index >= 15 is 0 Å². The fourth-order valence-electron chi connectivity index (χ4n) is 4.07. The molecule has 33 heavy (non-hydrogen) atoms. The molecule has 0 aliphatic carbocycles. The van der Waals surface area contributed by atoms with Gasteiger partial charge in [0.1, 0.15) is 17.6 Å². The van der Waals surface area contributed by atoms with Gasteiger partial charge in [-0.15, -0.1) is 0 Å². The highest BCUT2D eigenvalue weighted by Gasteiger charge is 2.41. The third-order valence-corrected chi connectivity index (χ3v) is 6.06. The highest BCUT2D eigenvalue weighted by molar-refractivity contribution is 7.80. The molecule has 0 saturated carbocycles. The number of benzene rings is 1. The van der Waals surface area contributed by atoms with Crippen LogP contribution in [-0.4, -0.2) is 60.2 Å². The second-order valence-corrected chi connectivity index (χ2v) is 8.63. The minimum absolute atomic E-state index is 0.112. The summed E-state index contributed by atoms with van der Waals surface area (Å²) in [7, 11) is 5.51. The molecule has 0 spiro atoms. The van der Waals surface area contributed by atoms with Crippen LogP contribution in [0.25, 0.3) is 11.3 Å². The number of thiocarbonyl (C=S) groups is 1. The molecule has 8 heteroatoms. The van der Waals surface area contributed by atoms with Crippen LogP contribution in [0.15, 0.2) is 65.2 Å².